The van der Waals surface area contributed by atoms with E-state index in [1.54, 1.807) is 6.07 Å². The predicted molar refractivity (Wildman–Crippen MR) is 90.1 cm³/mol. The van der Waals surface area contributed by atoms with Crippen LogP contribution in [0.2, 0.25) is 0 Å². The van der Waals surface area contributed by atoms with Gasteiger partial charge in [-0.05, 0) is 42.0 Å². The van der Waals surface area contributed by atoms with Gasteiger partial charge in [0, 0.05) is 18.9 Å². The normalized spacial score (nSPS) is 21.1. The second kappa shape index (κ2) is 7.41. The van der Waals surface area contributed by atoms with Gasteiger partial charge in [-0.3, -0.25) is 0 Å². The summed E-state index contributed by atoms with van der Waals surface area (Å²) in [5, 5.41) is 2.69. The van der Waals surface area contributed by atoms with E-state index in [4.69, 9.17) is 4.74 Å². The van der Waals surface area contributed by atoms with E-state index in [0.29, 0.717) is 25.1 Å². The topological polar surface area (TPSA) is 81.7 Å². The minimum atomic E-state index is -5.66. The van der Waals surface area contributed by atoms with Crippen LogP contribution in [0.4, 0.5) is 18.0 Å². The van der Waals surface area contributed by atoms with Crippen molar-refractivity contribution in [1.29, 1.82) is 0 Å². The maximum atomic E-state index is 12.5. The van der Waals surface area contributed by atoms with Crippen molar-refractivity contribution < 1.29 is 35.3 Å². The smallest absolute Gasteiger partial charge is 0.450 e. The van der Waals surface area contributed by atoms with Crippen molar-refractivity contribution in [2.24, 2.45) is 0 Å². The molecule has 0 saturated carbocycles. The average Bonchev–Trinajstić information content (AvgIpc) is 2.57. The Morgan fingerprint density at radius 1 is 1.22 bits per heavy atom. The third kappa shape index (κ3) is 4.55. The fraction of sp³-hybridized carbons (Fsp3) is 0.471. The highest BCUT2D eigenvalue weighted by Crippen LogP contribution is 2.33. The molecular formula is C17H18F3NO5S. The molecule has 1 aliphatic heterocycles. The lowest BCUT2D eigenvalue weighted by Crippen LogP contribution is -2.31. The van der Waals surface area contributed by atoms with Crippen molar-refractivity contribution in [3.8, 4) is 0 Å². The molecule has 1 N–H and O–H groups in total. The molecule has 148 valence electrons. The Kier molecular flexibility index (Phi) is 5.36. The summed E-state index contributed by atoms with van der Waals surface area (Å²) in [5.74, 6) is -0.127. The van der Waals surface area contributed by atoms with Gasteiger partial charge in [-0.2, -0.15) is 21.6 Å². The number of hydrogen-bond donors (Lipinski definition) is 1. The number of hydrogen-bond acceptors (Lipinski definition) is 5. The maximum Gasteiger partial charge on any atom is 0.534 e. The maximum absolute atomic E-state index is 12.5. The molecular weight excluding hydrogens is 387 g/mol. The molecule has 1 aromatic rings. The van der Waals surface area contributed by atoms with Gasteiger partial charge in [-0.15, -0.1) is 0 Å². The first-order valence-electron chi connectivity index (χ1n) is 8.40. The summed E-state index contributed by atoms with van der Waals surface area (Å²) in [7, 11) is -5.66. The zero-order valence-corrected chi connectivity index (χ0v) is 15.0. The highest BCUT2D eigenvalue weighted by Gasteiger charge is 2.48. The number of cyclic esters (lactones) is 1. The van der Waals surface area contributed by atoms with Crippen LogP contribution in [-0.2, 0) is 25.5 Å². The lowest BCUT2D eigenvalue weighted by Gasteiger charge is -2.23. The summed E-state index contributed by atoms with van der Waals surface area (Å²) in [6, 6.07) is 5.50. The van der Waals surface area contributed by atoms with Gasteiger partial charge in [-0.1, -0.05) is 18.2 Å². The summed E-state index contributed by atoms with van der Waals surface area (Å²) in [6.45, 7) is 0.788. The van der Waals surface area contributed by atoms with Gasteiger partial charge >= 0.3 is 21.7 Å². The Bertz CT molecular complexity index is 864. The number of allylic oxidation sites excluding steroid dienone is 1. The summed E-state index contributed by atoms with van der Waals surface area (Å²) in [4.78, 5) is 11.4. The van der Waals surface area contributed by atoms with Gasteiger partial charge in [-0.25, -0.2) is 4.79 Å². The zero-order chi connectivity index (χ0) is 19.7. The lowest BCUT2D eigenvalue weighted by atomic mass is 9.88. The molecule has 1 amide bonds. The summed E-state index contributed by atoms with van der Waals surface area (Å²) < 4.78 is 68.8. The number of nitrogens with one attached hydrogen (secondary N) is 1. The Labute approximate surface area is 154 Å². The molecule has 1 saturated heterocycles. The van der Waals surface area contributed by atoms with Crippen molar-refractivity contribution in [1.82, 2.24) is 5.32 Å². The SMILES string of the molecule is O=C1NC[C@H](c2ccc3c(c2)CCC(OS(=O)(=O)C(F)(F)F)=C3)CCCO1. The fourth-order valence-electron chi connectivity index (χ4n) is 3.13. The molecule has 1 heterocycles. The van der Waals surface area contributed by atoms with Crippen molar-refractivity contribution >= 4 is 22.3 Å². The monoisotopic (exact) mass is 405 g/mol. The van der Waals surface area contributed by atoms with Gasteiger partial charge in [0.15, 0.2) is 0 Å². The number of amides is 1. The minimum Gasteiger partial charge on any atom is -0.450 e. The number of rotatable bonds is 3. The van der Waals surface area contributed by atoms with Crippen LogP contribution in [0.1, 0.15) is 41.9 Å². The van der Waals surface area contributed by atoms with Crippen LogP contribution in [0.15, 0.2) is 24.0 Å². The molecule has 0 radical (unpaired) electrons. The molecule has 6 nitrogen and oxygen atoms in total. The average molecular weight is 405 g/mol. The molecule has 27 heavy (non-hydrogen) atoms. The number of carbonyl (C=O) groups is 1. The van der Waals surface area contributed by atoms with Gasteiger partial charge in [0.05, 0.1) is 6.61 Å². The highest BCUT2D eigenvalue weighted by molar-refractivity contribution is 7.87. The van der Waals surface area contributed by atoms with Crippen LogP contribution in [0.25, 0.3) is 6.08 Å². The quantitative estimate of drug-likeness (QED) is 0.615. The Morgan fingerprint density at radius 3 is 2.74 bits per heavy atom. The molecule has 1 fully saturated rings. The number of aryl methyl sites for hydroxylation is 1. The second-order valence-electron chi connectivity index (χ2n) is 6.41. The first-order chi connectivity index (χ1) is 12.7. The molecule has 1 atom stereocenters. The standard InChI is InChI=1S/C17H18F3NO5S/c18-17(19,20)27(23,24)26-15-6-5-11-8-12(3-4-13(11)9-15)14-2-1-7-25-16(22)21-10-14/h3-4,8-9,14H,1-2,5-7,10H2,(H,21,22)/t14-/m1/s1. The number of alkyl carbamates (subject to hydrolysis) is 1. The predicted octanol–water partition coefficient (Wildman–Crippen LogP) is 3.44. The molecule has 3 rings (SSSR count). The Balaban J connectivity index is 1.77. The van der Waals surface area contributed by atoms with E-state index < -0.39 is 21.7 Å². The third-order valence-electron chi connectivity index (χ3n) is 4.52. The first kappa shape index (κ1) is 19.5. The van der Waals surface area contributed by atoms with Gasteiger partial charge in [0.1, 0.15) is 5.76 Å². The molecule has 0 aromatic heterocycles. The van der Waals surface area contributed by atoms with Gasteiger partial charge in [0.2, 0.25) is 0 Å². The van der Waals surface area contributed by atoms with Crippen LogP contribution >= 0.6 is 0 Å². The van der Waals surface area contributed by atoms with Crippen molar-refractivity contribution in [3.63, 3.8) is 0 Å². The molecule has 0 unspecified atom stereocenters. The first-order valence-corrected chi connectivity index (χ1v) is 9.81. The number of halogens is 3. The van der Waals surface area contributed by atoms with Crippen LogP contribution in [0.5, 0.6) is 0 Å². The Morgan fingerprint density at radius 2 is 2.00 bits per heavy atom. The van der Waals surface area contributed by atoms with Crippen molar-refractivity contribution in [2.45, 2.75) is 37.1 Å². The van der Waals surface area contributed by atoms with E-state index in [0.717, 1.165) is 24.0 Å². The molecule has 2 aliphatic rings. The van der Waals surface area contributed by atoms with Crippen LogP contribution in [-0.4, -0.2) is 33.2 Å². The van der Waals surface area contributed by atoms with E-state index >= 15 is 0 Å². The molecule has 10 heteroatoms. The highest BCUT2D eigenvalue weighted by atomic mass is 32.2. The van der Waals surface area contributed by atoms with E-state index in [-0.39, 0.29) is 18.1 Å². The fourth-order valence-corrected chi connectivity index (χ4v) is 3.64. The van der Waals surface area contributed by atoms with Crippen molar-refractivity contribution in [2.75, 3.05) is 13.2 Å². The Hall–Kier alpha value is -2.23. The number of fused-ring (bicyclic) bond motifs is 1. The van der Waals surface area contributed by atoms with E-state index in [9.17, 15) is 26.4 Å². The zero-order valence-electron chi connectivity index (χ0n) is 14.2. The number of alkyl halides is 3. The van der Waals surface area contributed by atoms with Crippen LogP contribution in [0, 0.1) is 0 Å². The van der Waals surface area contributed by atoms with E-state index in [2.05, 4.69) is 9.50 Å². The van der Waals surface area contributed by atoms with Crippen LogP contribution in [0.3, 0.4) is 0 Å². The van der Waals surface area contributed by atoms with Gasteiger partial charge in [0.25, 0.3) is 0 Å². The third-order valence-corrected chi connectivity index (χ3v) is 5.52. The number of carbonyl (C=O) groups excluding carboxylic acids is 1. The summed E-state index contributed by atoms with van der Waals surface area (Å²) in [6.07, 6.45) is 2.86. The number of benzene rings is 1. The van der Waals surface area contributed by atoms with E-state index in [1.165, 1.54) is 6.08 Å². The largest absolute Gasteiger partial charge is 0.534 e. The van der Waals surface area contributed by atoms with E-state index in [1.807, 2.05) is 12.1 Å². The molecule has 0 bridgehead atoms. The van der Waals surface area contributed by atoms with Crippen molar-refractivity contribution in [3.05, 3.63) is 40.6 Å². The number of ether oxygens (including phenoxy) is 1. The summed E-state index contributed by atoms with van der Waals surface area (Å²) >= 11 is 0. The summed E-state index contributed by atoms with van der Waals surface area (Å²) in [5.41, 5.74) is -2.93. The molecule has 0 spiro atoms. The minimum absolute atomic E-state index is 0.0566. The lowest BCUT2D eigenvalue weighted by molar-refractivity contribution is -0.0522. The molecule has 1 aliphatic carbocycles. The van der Waals surface area contributed by atoms with Crippen LogP contribution < -0.4 is 5.32 Å². The second-order valence-corrected chi connectivity index (χ2v) is 7.95. The van der Waals surface area contributed by atoms with Gasteiger partial charge < -0.3 is 14.2 Å². The molecule has 1 aromatic carbocycles.